The van der Waals surface area contributed by atoms with Gasteiger partial charge in [0, 0.05) is 11.8 Å². The highest BCUT2D eigenvalue weighted by Crippen LogP contribution is 2.37. The maximum absolute atomic E-state index is 11.7. The first-order valence-corrected chi connectivity index (χ1v) is 6.75. The molecule has 0 N–H and O–H groups in total. The van der Waals surface area contributed by atoms with Crippen molar-refractivity contribution in [3.8, 4) is 0 Å². The van der Waals surface area contributed by atoms with Gasteiger partial charge in [-0.15, -0.1) is 0 Å². The number of benzene rings is 1. The molecular weight excluding hydrogens is 240 g/mol. The van der Waals surface area contributed by atoms with Crippen LogP contribution in [0, 0.1) is 5.41 Å². The second-order valence-electron chi connectivity index (χ2n) is 5.05. The monoisotopic (exact) mass is 262 g/mol. The Balaban J connectivity index is 0.000000312. The summed E-state index contributed by atoms with van der Waals surface area (Å²) in [7, 11) is 0. The Kier molecular flexibility index (Phi) is 6.26. The summed E-state index contributed by atoms with van der Waals surface area (Å²) >= 11 is 0. The molecule has 0 spiro atoms. The number of rotatable bonds is 4. The van der Waals surface area contributed by atoms with Gasteiger partial charge in [0.2, 0.25) is 0 Å². The predicted octanol–water partition coefficient (Wildman–Crippen LogP) is 3.17. The number of hydrogen-bond donors (Lipinski definition) is 0. The van der Waals surface area contributed by atoms with E-state index in [4.69, 9.17) is 0 Å². The number of ketones is 1. The van der Waals surface area contributed by atoms with E-state index in [1.807, 2.05) is 18.2 Å². The summed E-state index contributed by atoms with van der Waals surface area (Å²) in [6, 6.07) is 10.3. The first kappa shape index (κ1) is 15.4. The van der Waals surface area contributed by atoms with E-state index in [0.29, 0.717) is 18.9 Å². The van der Waals surface area contributed by atoms with E-state index >= 15 is 0 Å². The molecule has 3 heteroatoms. The minimum absolute atomic E-state index is 0.0820. The smallest absolute Gasteiger partial charge is 0.293 e. The van der Waals surface area contributed by atoms with Crippen LogP contribution in [-0.2, 0) is 20.7 Å². The highest BCUT2D eigenvalue weighted by molar-refractivity contribution is 5.86. The molecule has 3 nitrogen and oxygen atoms in total. The van der Waals surface area contributed by atoms with Crippen LogP contribution in [-0.4, -0.2) is 18.9 Å². The predicted molar refractivity (Wildman–Crippen MR) is 74.8 cm³/mol. The normalized spacial score (nSPS) is 21.5. The molecule has 104 valence electrons. The van der Waals surface area contributed by atoms with Gasteiger partial charge in [0.25, 0.3) is 6.47 Å². The molecule has 1 atom stereocenters. The van der Waals surface area contributed by atoms with Crippen LogP contribution in [0.2, 0.25) is 0 Å². The van der Waals surface area contributed by atoms with Crippen molar-refractivity contribution in [3.05, 3.63) is 35.9 Å². The summed E-state index contributed by atoms with van der Waals surface area (Å²) in [5.74, 6) is 0.446. The lowest BCUT2D eigenvalue weighted by Gasteiger charge is -2.21. The van der Waals surface area contributed by atoms with E-state index in [0.717, 1.165) is 25.7 Å². The third-order valence-electron chi connectivity index (χ3n) is 3.48. The van der Waals surface area contributed by atoms with Gasteiger partial charge in [0.15, 0.2) is 0 Å². The van der Waals surface area contributed by atoms with Crippen molar-refractivity contribution < 1.29 is 14.3 Å². The topological polar surface area (TPSA) is 43.4 Å². The average Bonchev–Trinajstić information content (AvgIpc) is 2.72. The second-order valence-corrected chi connectivity index (χ2v) is 5.05. The molecule has 1 aromatic carbocycles. The Bertz CT molecular complexity index is 400. The van der Waals surface area contributed by atoms with Crippen molar-refractivity contribution in [1.82, 2.24) is 0 Å². The highest BCUT2D eigenvalue weighted by Gasteiger charge is 2.36. The lowest BCUT2D eigenvalue weighted by molar-refractivity contribution is -0.128. The van der Waals surface area contributed by atoms with Crippen molar-refractivity contribution in [1.29, 1.82) is 0 Å². The van der Waals surface area contributed by atoms with Gasteiger partial charge < -0.3 is 4.74 Å². The van der Waals surface area contributed by atoms with E-state index in [-0.39, 0.29) is 5.41 Å². The van der Waals surface area contributed by atoms with Gasteiger partial charge >= 0.3 is 0 Å². The fourth-order valence-corrected chi connectivity index (χ4v) is 2.38. The van der Waals surface area contributed by atoms with Gasteiger partial charge in [-0.3, -0.25) is 9.59 Å². The molecule has 2 rings (SSSR count). The Morgan fingerprint density at radius 3 is 2.42 bits per heavy atom. The number of carbonyl (C=O) groups excluding carboxylic acids is 2. The molecule has 0 aliphatic heterocycles. The molecule has 1 aliphatic rings. The molecule has 1 aliphatic carbocycles. The van der Waals surface area contributed by atoms with Crippen molar-refractivity contribution in [2.75, 3.05) is 6.61 Å². The second kappa shape index (κ2) is 7.72. The first-order chi connectivity index (χ1) is 9.12. The standard InChI is InChI=1S/C13H16O.C3H6O2/c1-13(9-5-8-12(13)14)10-11-6-3-2-4-7-11;1-2-5-3-4/h2-4,6-7H,5,8-10H2,1H3;3H,2H2,1H3. The first-order valence-electron chi connectivity index (χ1n) is 6.75. The molecule has 0 heterocycles. The van der Waals surface area contributed by atoms with Gasteiger partial charge in [-0.1, -0.05) is 37.3 Å². The van der Waals surface area contributed by atoms with Crippen molar-refractivity contribution in [2.45, 2.75) is 39.5 Å². The summed E-state index contributed by atoms with van der Waals surface area (Å²) in [4.78, 5) is 20.9. The summed E-state index contributed by atoms with van der Waals surface area (Å²) in [5, 5.41) is 0. The van der Waals surface area contributed by atoms with Crippen LogP contribution in [0.3, 0.4) is 0 Å². The van der Waals surface area contributed by atoms with E-state index in [2.05, 4.69) is 23.8 Å². The number of hydrogen-bond acceptors (Lipinski definition) is 3. The van der Waals surface area contributed by atoms with E-state index in [9.17, 15) is 9.59 Å². The van der Waals surface area contributed by atoms with Crippen molar-refractivity contribution >= 4 is 12.3 Å². The lowest BCUT2D eigenvalue weighted by atomic mass is 9.81. The minimum Gasteiger partial charge on any atom is -0.468 e. The summed E-state index contributed by atoms with van der Waals surface area (Å²) < 4.78 is 4.15. The molecule has 0 bridgehead atoms. The lowest BCUT2D eigenvalue weighted by Crippen LogP contribution is -2.24. The minimum atomic E-state index is -0.0820. The van der Waals surface area contributed by atoms with E-state index in [1.165, 1.54) is 5.56 Å². The summed E-state index contributed by atoms with van der Waals surface area (Å²) in [5.41, 5.74) is 1.20. The molecule has 0 saturated heterocycles. The number of carbonyl (C=O) groups is 2. The molecule has 19 heavy (non-hydrogen) atoms. The maximum atomic E-state index is 11.7. The van der Waals surface area contributed by atoms with E-state index in [1.54, 1.807) is 6.92 Å². The average molecular weight is 262 g/mol. The van der Waals surface area contributed by atoms with Gasteiger partial charge in [-0.25, -0.2) is 0 Å². The molecule has 1 unspecified atom stereocenters. The van der Waals surface area contributed by atoms with Gasteiger partial charge in [0.05, 0.1) is 6.61 Å². The van der Waals surface area contributed by atoms with Crippen LogP contribution in [0.1, 0.15) is 38.7 Å². The third-order valence-corrected chi connectivity index (χ3v) is 3.48. The van der Waals surface area contributed by atoms with Crippen molar-refractivity contribution in [3.63, 3.8) is 0 Å². The summed E-state index contributed by atoms with van der Waals surface area (Å²) in [6.07, 6.45) is 3.82. The highest BCUT2D eigenvalue weighted by atomic mass is 16.5. The molecule has 0 amide bonds. The molecule has 0 radical (unpaired) electrons. The van der Waals surface area contributed by atoms with Crippen LogP contribution in [0.4, 0.5) is 0 Å². The van der Waals surface area contributed by atoms with Crippen LogP contribution in [0.5, 0.6) is 0 Å². The molecule has 0 aromatic heterocycles. The van der Waals surface area contributed by atoms with E-state index < -0.39 is 0 Å². The van der Waals surface area contributed by atoms with Crippen LogP contribution in [0.25, 0.3) is 0 Å². The molecule has 1 aromatic rings. The third kappa shape index (κ3) is 4.86. The van der Waals surface area contributed by atoms with Crippen molar-refractivity contribution in [2.24, 2.45) is 5.41 Å². The fraction of sp³-hybridized carbons (Fsp3) is 0.500. The Hall–Kier alpha value is -1.64. The zero-order chi connectivity index (χ0) is 14.1. The SMILES string of the molecule is CC1(Cc2ccccc2)CCCC1=O.CCOC=O. The largest absolute Gasteiger partial charge is 0.468 e. The fourth-order valence-electron chi connectivity index (χ4n) is 2.38. The van der Waals surface area contributed by atoms with Gasteiger partial charge in [-0.05, 0) is 31.7 Å². The molecule has 1 fully saturated rings. The number of Topliss-reactive ketones (excluding diaryl/α,β-unsaturated/α-hetero) is 1. The zero-order valence-electron chi connectivity index (χ0n) is 11.7. The molecular formula is C16H22O3. The van der Waals surface area contributed by atoms with Crippen LogP contribution in [0.15, 0.2) is 30.3 Å². The Morgan fingerprint density at radius 2 is 2.00 bits per heavy atom. The molecule has 1 saturated carbocycles. The van der Waals surface area contributed by atoms with Gasteiger partial charge in [0.1, 0.15) is 5.78 Å². The maximum Gasteiger partial charge on any atom is 0.293 e. The quantitative estimate of drug-likeness (QED) is 0.783. The van der Waals surface area contributed by atoms with Crippen LogP contribution >= 0.6 is 0 Å². The van der Waals surface area contributed by atoms with Gasteiger partial charge in [-0.2, -0.15) is 0 Å². The summed E-state index contributed by atoms with van der Waals surface area (Å²) in [6.45, 7) is 4.77. The number of ether oxygens (including phenoxy) is 1. The van der Waals surface area contributed by atoms with Crippen LogP contribution < -0.4 is 0 Å². The Labute approximate surface area is 115 Å². The Morgan fingerprint density at radius 1 is 1.32 bits per heavy atom. The zero-order valence-corrected chi connectivity index (χ0v) is 11.7.